The summed E-state index contributed by atoms with van der Waals surface area (Å²) in [6.45, 7) is 6.20. The van der Waals surface area contributed by atoms with E-state index in [1.165, 1.54) is 0 Å². The molecule has 0 spiro atoms. The van der Waals surface area contributed by atoms with Gasteiger partial charge < -0.3 is 15.7 Å². The molecule has 0 radical (unpaired) electrons. The van der Waals surface area contributed by atoms with E-state index in [0.29, 0.717) is 12.3 Å². The summed E-state index contributed by atoms with van der Waals surface area (Å²) in [5, 5.41) is 15.0. The van der Waals surface area contributed by atoms with E-state index in [4.69, 9.17) is 0 Å². The Morgan fingerprint density at radius 1 is 1.15 bits per heavy atom. The normalized spacial score (nSPS) is 24.8. The summed E-state index contributed by atoms with van der Waals surface area (Å²) in [7, 11) is 0. The van der Waals surface area contributed by atoms with Crippen LogP contribution in [0.3, 0.4) is 0 Å². The molecule has 1 aliphatic rings. The minimum absolute atomic E-state index is 0.101. The summed E-state index contributed by atoms with van der Waals surface area (Å²) in [5.74, 6) is -0.731. The van der Waals surface area contributed by atoms with Crippen LogP contribution in [0.15, 0.2) is 0 Å². The lowest BCUT2D eigenvalue weighted by Crippen LogP contribution is -2.49. The maximum atomic E-state index is 12.0. The second-order valence-corrected chi connectivity index (χ2v) is 6.34. The second-order valence-electron chi connectivity index (χ2n) is 6.34. The average molecular weight is 284 g/mol. The number of aliphatic carboxylic acids is 1. The molecule has 0 aromatic rings. The molecular formula is C15H28N2O3. The van der Waals surface area contributed by atoms with Crippen LogP contribution in [0.1, 0.15) is 59.3 Å². The van der Waals surface area contributed by atoms with Crippen LogP contribution >= 0.6 is 0 Å². The van der Waals surface area contributed by atoms with E-state index in [1.54, 1.807) is 0 Å². The van der Waals surface area contributed by atoms with Crippen molar-refractivity contribution < 1.29 is 14.7 Å². The Labute approximate surface area is 121 Å². The molecule has 1 aliphatic carbocycles. The molecule has 2 amide bonds. The van der Waals surface area contributed by atoms with Crippen molar-refractivity contribution in [3.63, 3.8) is 0 Å². The Bertz CT molecular complexity index is 331. The number of urea groups is 1. The van der Waals surface area contributed by atoms with Gasteiger partial charge in [-0.15, -0.1) is 0 Å². The highest BCUT2D eigenvalue weighted by Gasteiger charge is 2.30. The molecule has 1 saturated carbocycles. The first-order valence-electron chi connectivity index (χ1n) is 7.70. The van der Waals surface area contributed by atoms with Crippen LogP contribution in [0.5, 0.6) is 0 Å². The van der Waals surface area contributed by atoms with Gasteiger partial charge in [-0.3, -0.25) is 4.79 Å². The largest absolute Gasteiger partial charge is 0.481 e. The number of carbonyl (C=O) groups excluding carboxylic acids is 1. The molecule has 0 aromatic carbocycles. The van der Waals surface area contributed by atoms with Gasteiger partial charge in [-0.2, -0.15) is 0 Å². The number of hydrogen-bond donors (Lipinski definition) is 3. The van der Waals surface area contributed by atoms with Crippen molar-refractivity contribution in [2.24, 2.45) is 11.8 Å². The topological polar surface area (TPSA) is 78.4 Å². The summed E-state index contributed by atoms with van der Waals surface area (Å²) in [5.41, 5.74) is 0. The third-order valence-electron chi connectivity index (χ3n) is 3.85. The van der Waals surface area contributed by atoms with Crippen LogP contribution in [-0.4, -0.2) is 29.2 Å². The molecule has 0 aromatic heterocycles. The molecule has 1 rings (SSSR count). The number of nitrogens with one attached hydrogen (secondary N) is 2. The molecule has 5 nitrogen and oxygen atoms in total. The van der Waals surface area contributed by atoms with Gasteiger partial charge in [0.2, 0.25) is 0 Å². The van der Waals surface area contributed by atoms with E-state index >= 15 is 0 Å². The van der Waals surface area contributed by atoms with Crippen LogP contribution in [0.2, 0.25) is 0 Å². The van der Waals surface area contributed by atoms with Crippen molar-refractivity contribution in [1.29, 1.82) is 0 Å². The quantitative estimate of drug-likeness (QED) is 0.679. The van der Waals surface area contributed by atoms with E-state index in [9.17, 15) is 14.7 Å². The highest BCUT2D eigenvalue weighted by Crippen LogP contribution is 2.23. The first kappa shape index (κ1) is 16.8. The maximum absolute atomic E-state index is 12.0. The van der Waals surface area contributed by atoms with E-state index in [1.807, 2.05) is 6.92 Å². The summed E-state index contributed by atoms with van der Waals surface area (Å²) in [6.07, 6.45) is 5.29. The van der Waals surface area contributed by atoms with Gasteiger partial charge in [-0.05, 0) is 32.1 Å². The summed E-state index contributed by atoms with van der Waals surface area (Å²) in [4.78, 5) is 23.3. The van der Waals surface area contributed by atoms with Crippen molar-refractivity contribution in [3.05, 3.63) is 0 Å². The molecule has 0 aliphatic heterocycles. The third kappa shape index (κ3) is 5.80. The van der Waals surface area contributed by atoms with Crippen molar-refractivity contribution in [2.75, 3.05) is 0 Å². The van der Waals surface area contributed by atoms with Crippen LogP contribution in [0.25, 0.3) is 0 Å². The summed E-state index contributed by atoms with van der Waals surface area (Å²) < 4.78 is 0. The fraction of sp³-hybridized carbons (Fsp3) is 0.867. The second kappa shape index (κ2) is 8.12. The van der Waals surface area contributed by atoms with Gasteiger partial charge >= 0.3 is 12.0 Å². The van der Waals surface area contributed by atoms with Gasteiger partial charge in [-0.1, -0.05) is 33.1 Å². The Hall–Kier alpha value is -1.26. The standard InChI is InChI=1S/C15H28N2O3/c1-10(2)9-11(3)16-15(20)17-13-8-6-4-5-7-12(13)14(18)19/h10-13H,4-9H2,1-3H3,(H,18,19)(H2,16,17,20). The molecule has 1 fully saturated rings. The molecule has 20 heavy (non-hydrogen) atoms. The SMILES string of the molecule is CC(C)CC(C)NC(=O)NC1CCCCCC1C(=O)O. The fourth-order valence-corrected chi connectivity index (χ4v) is 2.98. The van der Waals surface area contributed by atoms with Gasteiger partial charge in [0, 0.05) is 12.1 Å². The van der Waals surface area contributed by atoms with Crippen molar-refractivity contribution in [3.8, 4) is 0 Å². The molecular weight excluding hydrogens is 256 g/mol. The van der Waals surface area contributed by atoms with Crippen molar-refractivity contribution >= 4 is 12.0 Å². The zero-order valence-electron chi connectivity index (χ0n) is 12.8. The van der Waals surface area contributed by atoms with Crippen molar-refractivity contribution in [2.45, 2.75) is 71.4 Å². The van der Waals surface area contributed by atoms with Crippen LogP contribution in [0, 0.1) is 11.8 Å². The lowest BCUT2D eigenvalue weighted by atomic mass is 9.95. The Balaban J connectivity index is 2.50. The Morgan fingerprint density at radius 2 is 1.80 bits per heavy atom. The molecule has 0 saturated heterocycles. The number of carboxylic acid groups (broad SMARTS) is 1. The zero-order valence-corrected chi connectivity index (χ0v) is 12.8. The third-order valence-corrected chi connectivity index (χ3v) is 3.85. The Morgan fingerprint density at radius 3 is 2.40 bits per heavy atom. The Kier molecular flexibility index (Phi) is 6.82. The molecule has 116 valence electrons. The summed E-state index contributed by atoms with van der Waals surface area (Å²) in [6, 6.07) is -0.387. The van der Waals surface area contributed by atoms with Crippen LogP contribution in [0.4, 0.5) is 4.79 Å². The lowest BCUT2D eigenvalue weighted by Gasteiger charge is -2.24. The minimum Gasteiger partial charge on any atom is -0.481 e. The first-order valence-corrected chi connectivity index (χ1v) is 7.70. The number of rotatable bonds is 5. The van der Waals surface area contributed by atoms with Gasteiger partial charge in [0.15, 0.2) is 0 Å². The van der Waals surface area contributed by atoms with Gasteiger partial charge in [0.25, 0.3) is 0 Å². The van der Waals surface area contributed by atoms with E-state index < -0.39 is 11.9 Å². The smallest absolute Gasteiger partial charge is 0.315 e. The highest BCUT2D eigenvalue weighted by atomic mass is 16.4. The zero-order chi connectivity index (χ0) is 15.1. The molecule has 0 heterocycles. The van der Waals surface area contributed by atoms with Gasteiger partial charge in [0.05, 0.1) is 5.92 Å². The summed E-state index contributed by atoms with van der Waals surface area (Å²) >= 11 is 0. The molecule has 5 heteroatoms. The first-order chi connectivity index (χ1) is 9.40. The predicted octanol–water partition coefficient (Wildman–Crippen LogP) is 2.75. The minimum atomic E-state index is -0.799. The number of amides is 2. The van der Waals surface area contributed by atoms with E-state index in [0.717, 1.165) is 32.1 Å². The average Bonchev–Trinajstić information content (AvgIpc) is 2.52. The molecule has 3 N–H and O–H groups in total. The molecule has 0 bridgehead atoms. The molecule has 3 atom stereocenters. The van der Waals surface area contributed by atoms with Gasteiger partial charge in [-0.25, -0.2) is 4.79 Å². The van der Waals surface area contributed by atoms with E-state index in [2.05, 4.69) is 24.5 Å². The molecule has 3 unspecified atom stereocenters. The maximum Gasteiger partial charge on any atom is 0.315 e. The highest BCUT2D eigenvalue weighted by molar-refractivity contribution is 5.77. The number of carboxylic acids is 1. The van der Waals surface area contributed by atoms with Gasteiger partial charge in [0.1, 0.15) is 0 Å². The van der Waals surface area contributed by atoms with Crippen molar-refractivity contribution in [1.82, 2.24) is 10.6 Å². The number of carbonyl (C=O) groups is 2. The monoisotopic (exact) mass is 284 g/mol. The van der Waals surface area contributed by atoms with Crippen LogP contribution < -0.4 is 10.6 Å². The van der Waals surface area contributed by atoms with E-state index in [-0.39, 0.29) is 18.1 Å². The predicted molar refractivity (Wildman–Crippen MR) is 78.6 cm³/mol. The fourth-order valence-electron chi connectivity index (χ4n) is 2.98. The number of hydrogen-bond acceptors (Lipinski definition) is 2. The lowest BCUT2D eigenvalue weighted by molar-refractivity contribution is -0.142. The van der Waals surface area contributed by atoms with Crippen LogP contribution in [-0.2, 0) is 4.79 Å².